The van der Waals surface area contributed by atoms with Crippen molar-refractivity contribution in [2.75, 3.05) is 13.2 Å². The molecule has 0 bridgehead atoms. The fourth-order valence-corrected chi connectivity index (χ4v) is 4.56. The summed E-state index contributed by atoms with van der Waals surface area (Å²) in [7, 11) is 0. The molecule has 1 aromatic carbocycles. The molecule has 1 N–H and O–H groups in total. The van der Waals surface area contributed by atoms with Gasteiger partial charge in [-0.15, -0.1) is 22.7 Å². The summed E-state index contributed by atoms with van der Waals surface area (Å²) in [5, 5.41) is 5.71. The van der Waals surface area contributed by atoms with Gasteiger partial charge in [-0.1, -0.05) is 23.7 Å². The van der Waals surface area contributed by atoms with Gasteiger partial charge in [0, 0.05) is 17.5 Å². The van der Waals surface area contributed by atoms with Crippen molar-refractivity contribution >= 4 is 40.2 Å². The second-order valence-electron chi connectivity index (χ2n) is 5.64. The summed E-state index contributed by atoms with van der Waals surface area (Å²) in [6.45, 7) is 1.46. The van der Waals surface area contributed by atoms with E-state index in [-0.39, 0.29) is 12.3 Å². The predicted molar refractivity (Wildman–Crippen MR) is 103 cm³/mol. The highest BCUT2D eigenvalue weighted by atomic mass is 35.5. The molecule has 0 saturated carbocycles. The van der Waals surface area contributed by atoms with E-state index in [1.807, 2.05) is 35.7 Å². The summed E-state index contributed by atoms with van der Waals surface area (Å²) in [6, 6.07) is 9.48. The highest BCUT2D eigenvalue weighted by Gasteiger charge is 2.16. The molecule has 26 heavy (non-hydrogen) atoms. The zero-order chi connectivity index (χ0) is 17.9. The molecule has 2 aromatic heterocycles. The van der Waals surface area contributed by atoms with Crippen LogP contribution in [0.5, 0.6) is 11.5 Å². The topological polar surface area (TPSA) is 60.5 Å². The molecule has 3 heterocycles. The van der Waals surface area contributed by atoms with Crippen molar-refractivity contribution in [2.45, 2.75) is 13.0 Å². The summed E-state index contributed by atoms with van der Waals surface area (Å²) >= 11 is 8.96. The van der Waals surface area contributed by atoms with Crippen LogP contribution in [0.1, 0.15) is 11.3 Å². The van der Waals surface area contributed by atoms with Crippen LogP contribution in [0.3, 0.4) is 0 Å². The molecule has 8 heteroatoms. The van der Waals surface area contributed by atoms with E-state index >= 15 is 0 Å². The lowest BCUT2D eigenvalue weighted by Gasteiger charge is -2.21. The van der Waals surface area contributed by atoms with E-state index in [1.54, 1.807) is 0 Å². The minimum atomic E-state index is -0.0830. The number of rotatable bonds is 5. The molecular formula is C18H15ClN2O3S2. The highest BCUT2D eigenvalue weighted by molar-refractivity contribution is 7.23. The van der Waals surface area contributed by atoms with Gasteiger partial charge >= 0.3 is 0 Å². The van der Waals surface area contributed by atoms with E-state index in [2.05, 4.69) is 10.3 Å². The fraction of sp³-hybridized carbons (Fsp3) is 0.222. The number of hydrogen-bond acceptors (Lipinski definition) is 6. The number of carbonyl (C=O) groups is 1. The predicted octanol–water partition coefficient (Wildman–Crippen LogP) is 4.16. The second-order valence-corrected chi connectivity index (χ2v) is 8.22. The van der Waals surface area contributed by atoms with Crippen molar-refractivity contribution in [3.63, 3.8) is 0 Å². The molecule has 0 fully saturated rings. The van der Waals surface area contributed by atoms with Crippen LogP contribution in [0.25, 0.3) is 9.88 Å². The van der Waals surface area contributed by atoms with Crippen molar-refractivity contribution in [1.29, 1.82) is 0 Å². The Balaban J connectivity index is 1.37. The number of nitrogens with one attached hydrogen (secondary N) is 1. The summed E-state index contributed by atoms with van der Waals surface area (Å²) in [5.74, 6) is 1.35. The van der Waals surface area contributed by atoms with Crippen LogP contribution in [-0.2, 0) is 17.8 Å². The number of fused-ring (bicyclic) bond motifs is 1. The summed E-state index contributed by atoms with van der Waals surface area (Å²) in [5.41, 5.74) is 1.66. The Hall–Kier alpha value is -2.09. The Morgan fingerprint density at radius 3 is 2.96 bits per heavy atom. The van der Waals surface area contributed by atoms with Gasteiger partial charge < -0.3 is 14.8 Å². The third-order valence-corrected chi connectivity index (χ3v) is 6.09. The van der Waals surface area contributed by atoms with E-state index in [9.17, 15) is 4.79 Å². The van der Waals surface area contributed by atoms with Gasteiger partial charge in [0.1, 0.15) is 18.2 Å². The zero-order valence-electron chi connectivity index (χ0n) is 13.7. The van der Waals surface area contributed by atoms with Gasteiger partial charge in [-0.3, -0.25) is 4.79 Å². The number of hydrogen-bond donors (Lipinski definition) is 1. The first-order valence-electron chi connectivity index (χ1n) is 8.03. The second kappa shape index (κ2) is 7.65. The number of thiophene rings is 1. The number of carbonyl (C=O) groups excluding carboxylic acids is 1. The van der Waals surface area contributed by atoms with E-state index in [0.717, 1.165) is 31.2 Å². The maximum Gasteiger partial charge on any atom is 0.226 e. The van der Waals surface area contributed by atoms with Crippen molar-refractivity contribution in [3.05, 3.63) is 51.3 Å². The van der Waals surface area contributed by atoms with Gasteiger partial charge in [-0.05, 0) is 18.2 Å². The van der Waals surface area contributed by atoms with E-state index in [4.69, 9.17) is 21.1 Å². The fourth-order valence-electron chi connectivity index (χ4n) is 2.62. The van der Waals surface area contributed by atoms with Crippen LogP contribution in [0.15, 0.2) is 35.7 Å². The molecule has 1 aliphatic heterocycles. The van der Waals surface area contributed by atoms with Crippen molar-refractivity contribution in [3.8, 4) is 21.4 Å². The molecular weight excluding hydrogens is 392 g/mol. The van der Waals surface area contributed by atoms with Gasteiger partial charge in [0.25, 0.3) is 0 Å². The SMILES string of the molecule is O=C(Cc1csc(-c2ccc(Cl)s2)n1)NCc1cccc2c1OCCO2. The van der Waals surface area contributed by atoms with Crippen LogP contribution in [-0.4, -0.2) is 24.1 Å². The summed E-state index contributed by atoms with van der Waals surface area (Å²) in [4.78, 5) is 17.8. The van der Waals surface area contributed by atoms with E-state index in [0.29, 0.717) is 25.5 Å². The van der Waals surface area contributed by atoms with Crippen LogP contribution in [0, 0.1) is 0 Å². The zero-order valence-corrected chi connectivity index (χ0v) is 16.0. The van der Waals surface area contributed by atoms with E-state index in [1.165, 1.54) is 22.7 Å². The number of para-hydroxylation sites is 1. The van der Waals surface area contributed by atoms with Crippen molar-refractivity contribution < 1.29 is 14.3 Å². The molecule has 0 atom stereocenters. The molecule has 0 unspecified atom stereocenters. The first-order chi connectivity index (χ1) is 12.7. The first kappa shape index (κ1) is 17.3. The van der Waals surface area contributed by atoms with Gasteiger partial charge in [-0.2, -0.15) is 0 Å². The minimum Gasteiger partial charge on any atom is -0.486 e. The maximum absolute atomic E-state index is 12.3. The van der Waals surface area contributed by atoms with E-state index < -0.39 is 0 Å². The molecule has 1 amide bonds. The monoisotopic (exact) mass is 406 g/mol. The average Bonchev–Trinajstić information content (AvgIpc) is 3.29. The van der Waals surface area contributed by atoms with Gasteiger partial charge in [0.05, 0.1) is 21.3 Å². The number of amides is 1. The Labute approximate surface area is 163 Å². The van der Waals surface area contributed by atoms with Crippen molar-refractivity contribution in [2.24, 2.45) is 0 Å². The molecule has 0 radical (unpaired) electrons. The number of aromatic nitrogens is 1. The number of benzene rings is 1. The first-order valence-corrected chi connectivity index (χ1v) is 10.1. The summed E-state index contributed by atoms with van der Waals surface area (Å²) < 4.78 is 11.9. The molecule has 5 nitrogen and oxygen atoms in total. The third kappa shape index (κ3) is 3.85. The van der Waals surface area contributed by atoms with Crippen LogP contribution < -0.4 is 14.8 Å². The summed E-state index contributed by atoms with van der Waals surface area (Å²) in [6.07, 6.45) is 0.238. The molecule has 0 aliphatic carbocycles. The quantitative estimate of drug-likeness (QED) is 0.691. The van der Waals surface area contributed by atoms with Crippen molar-refractivity contribution in [1.82, 2.24) is 10.3 Å². The Bertz CT molecular complexity index is 938. The number of halogens is 1. The smallest absolute Gasteiger partial charge is 0.226 e. The Kier molecular flexibility index (Phi) is 5.10. The molecule has 3 aromatic rings. The average molecular weight is 407 g/mol. The minimum absolute atomic E-state index is 0.0830. The van der Waals surface area contributed by atoms with Gasteiger partial charge in [-0.25, -0.2) is 4.98 Å². The number of nitrogens with zero attached hydrogens (tertiary/aromatic N) is 1. The largest absolute Gasteiger partial charge is 0.486 e. The third-order valence-electron chi connectivity index (χ3n) is 3.80. The standard InChI is InChI=1S/C18H15ClN2O3S2/c19-15-5-4-14(26-15)18-21-12(10-25-18)8-16(22)20-9-11-2-1-3-13-17(11)24-7-6-23-13/h1-5,10H,6-9H2,(H,20,22). The Morgan fingerprint density at radius 2 is 2.12 bits per heavy atom. The van der Waals surface area contributed by atoms with Crippen LogP contribution >= 0.6 is 34.3 Å². The molecule has 0 saturated heterocycles. The van der Waals surface area contributed by atoms with Crippen LogP contribution in [0.2, 0.25) is 4.34 Å². The number of ether oxygens (including phenoxy) is 2. The van der Waals surface area contributed by atoms with Crippen LogP contribution in [0.4, 0.5) is 0 Å². The Morgan fingerprint density at radius 1 is 1.23 bits per heavy atom. The molecule has 1 aliphatic rings. The van der Waals surface area contributed by atoms with Gasteiger partial charge in [0.15, 0.2) is 11.5 Å². The maximum atomic E-state index is 12.3. The van der Waals surface area contributed by atoms with Gasteiger partial charge in [0.2, 0.25) is 5.91 Å². The molecule has 4 rings (SSSR count). The normalized spacial score (nSPS) is 12.8. The highest BCUT2D eigenvalue weighted by Crippen LogP contribution is 2.34. The lowest BCUT2D eigenvalue weighted by Crippen LogP contribution is -2.25. The lowest BCUT2D eigenvalue weighted by molar-refractivity contribution is -0.120. The lowest BCUT2D eigenvalue weighted by atomic mass is 10.1. The molecule has 0 spiro atoms. The molecule has 134 valence electrons. The number of thiazole rings is 1.